The molecule has 1 aliphatic heterocycles. The first-order valence-corrected chi connectivity index (χ1v) is 7.51. The molecule has 2 rings (SSSR count). The second-order valence-corrected chi connectivity index (χ2v) is 5.42. The van der Waals surface area contributed by atoms with E-state index in [1.165, 1.54) is 0 Å². The Morgan fingerprint density at radius 1 is 1.33 bits per heavy atom. The summed E-state index contributed by atoms with van der Waals surface area (Å²) in [4.78, 5) is 14.2. The molecule has 0 aromatic heterocycles. The van der Waals surface area contributed by atoms with Gasteiger partial charge >= 0.3 is 0 Å². The van der Waals surface area contributed by atoms with Crippen LogP contribution in [-0.2, 0) is 16.0 Å². The molecule has 21 heavy (non-hydrogen) atoms. The van der Waals surface area contributed by atoms with E-state index < -0.39 is 6.04 Å². The molecule has 3 N–H and O–H groups in total. The van der Waals surface area contributed by atoms with Crippen molar-refractivity contribution in [2.24, 2.45) is 5.73 Å². The molecule has 5 heteroatoms. The van der Waals surface area contributed by atoms with Gasteiger partial charge in [-0.3, -0.25) is 4.79 Å². The third kappa shape index (κ3) is 4.81. The maximum atomic E-state index is 12.3. The summed E-state index contributed by atoms with van der Waals surface area (Å²) in [5, 5.41) is 8.74. The van der Waals surface area contributed by atoms with Crippen molar-refractivity contribution >= 4 is 5.91 Å². The van der Waals surface area contributed by atoms with E-state index in [9.17, 15) is 4.79 Å². The van der Waals surface area contributed by atoms with Crippen LogP contribution in [0.5, 0.6) is 0 Å². The zero-order chi connectivity index (χ0) is 15.1. The van der Waals surface area contributed by atoms with Crippen molar-refractivity contribution in [3.8, 4) is 0 Å². The minimum Gasteiger partial charge on any atom is -0.394 e. The minimum absolute atomic E-state index is 0.0134. The number of benzene rings is 1. The molecular formula is C16H24N2O3. The molecule has 1 saturated heterocycles. The van der Waals surface area contributed by atoms with Gasteiger partial charge in [-0.15, -0.1) is 0 Å². The molecule has 1 unspecified atom stereocenters. The highest BCUT2D eigenvalue weighted by Gasteiger charge is 2.26. The number of likely N-dealkylation sites (tertiary alicyclic amines) is 1. The molecule has 1 heterocycles. The van der Waals surface area contributed by atoms with Crippen LogP contribution in [0.3, 0.4) is 0 Å². The zero-order valence-corrected chi connectivity index (χ0v) is 12.3. The number of nitrogens with two attached hydrogens (primary N) is 1. The van der Waals surface area contributed by atoms with Gasteiger partial charge in [0.2, 0.25) is 5.91 Å². The summed E-state index contributed by atoms with van der Waals surface area (Å²) in [6.45, 7) is 1.77. The van der Waals surface area contributed by atoms with Gasteiger partial charge in [0.15, 0.2) is 0 Å². The number of aliphatic hydroxyl groups is 1. The lowest BCUT2D eigenvalue weighted by Gasteiger charge is -2.33. The Morgan fingerprint density at radius 3 is 2.62 bits per heavy atom. The SMILES string of the molecule is NC(Cc1ccccc1)C(=O)N1CCC(OCCO)CC1. The molecule has 1 amide bonds. The number of hydrogen-bond donors (Lipinski definition) is 2. The Balaban J connectivity index is 1.78. The van der Waals surface area contributed by atoms with Gasteiger partial charge < -0.3 is 20.5 Å². The van der Waals surface area contributed by atoms with E-state index in [2.05, 4.69) is 0 Å². The molecule has 5 nitrogen and oxygen atoms in total. The Bertz CT molecular complexity index is 430. The highest BCUT2D eigenvalue weighted by molar-refractivity contribution is 5.82. The van der Waals surface area contributed by atoms with Crippen LogP contribution in [0.2, 0.25) is 0 Å². The number of hydrogen-bond acceptors (Lipinski definition) is 4. The molecule has 1 fully saturated rings. The first-order valence-electron chi connectivity index (χ1n) is 7.51. The first-order chi connectivity index (χ1) is 10.2. The van der Waals surface area contributed by atoms with Gasteiger partial charge in [0.25, 0.3) is 0 Å². The molecule has 0 aliphatic carbocycles. The highest BCUT2D eigenvalue weighted by atomic mass is 16.5. The molecule has 0 spiro atoms. The number of aliphatic hydroxyl groups excluding tert-OH is 1. The van der Waals surface area contributed by atoms with Gasteiger partial charge in [0.05, 0.1) is 25.4 Å². The van der Waals surface area contributed by atoms with Crippen LogP contribution < -0.4 is 5.73 Å². The van der Waals surface area contributed by atoms with Crippen LogP contribution in [0.4, 0.5) is 0 Å². The summed E-state index contributed by atoms with van der Waals surface area (Å²) in [5.74, 6) is 0.0134. The third-order valence-electron chi connectivity index (χ3n) is 3.81. The van der Waals surface area contributed by atoms with Crippen molar-refractivity contribution in [1.82, 2.24) is 4.90 Å². The molecule has 0 radical (unpaired) electrons. The number of carbonyl (C=O) groups is 1. The zero-order valence-electron chi connectivity index (χ0n) is 12.3. The number of amides is 1. The van der Waals surface area contributed by atoms with Crippen molar-refractivity contribution in [2.45, 2.75) is 31.4 Å². The minimum atomic E-state index is -0.484. The number of ether oxygens (including phenoxy) is 1. The van der Waals surface area contributed by atoms with Gasteiger partial charge in [-0.05, 0) is 24.8 Å². The predicted octanol–water partition coefficient (Wildman–Crippen LogP) is 0.556. The van der Waals surface area contributed by atoms with Crippen molar-refractivity contribution in [2.75, 3.05) is 26.3 Å². The van der Waals surface area contributed by atoms with Crippen LogP contribution in [0, 0.1) is 0 Å². The maximum absolute atomic E-state index is 12.3. The van der Waals surface area contributed by atoms with Gasteiger partial charge in [-0.2, -0.15) is 0 Å². The molecule has 1 aliphatic rings. The fourth-order valence-corrected chi connectivity index (χ4v) is 2.65. The summed E-state index contributed by atoms with van der Waals surface area (Å²) >= 11 is 0. The molecule has 0 bridgehead atoms. The predicted molar refractivity (Wildman–Crippen MR) is 80.8 cm³/mol. The molecular weight excluding hydrogens is 268 g/mol. The van der Waals surface area contributed by atoms with E-state index in [0.717, 1.165) is 18.4 Å². The van der Waals surface area contributed by atoms with Crippen LogP contribution in [0.1, 0.15) is 18.4 Å². The van der Waals surface area contributed by atoms with E-state index in [0.29, 0.717) is 26.1 Å². The maximum Gasteiger partial charge on any atom is 0.239 e. The summed E-state index contributed by atoms with van der Waals surface area (Å²) < 4.78 is 5.50. The average molecular weight is 292 g/mol. The fraction of sp³-hybridized carbons (Fsp3) is 0.562. The molecule has 1 aromatic carbocycles. The quantitative estimate of drug-likeness (QED) is 0.803. The lowest BCUT2D eigenvalue weighted by molar-refractivity contribution is -0.135. The van der Waals surface area contributed by atoms with Crippen molar-refractivity contribution in [3.05, 3.63) is 35.9 Å². The van der Waals surface area contributed by atoms with Gasteiger partial charge in [0, 0.05) is 13.1 Å². The Hall–Kier alpha value is -1.43. The van der Waals surface area contributed by atoms with Crippen LogP contribution >= 0.6 is 0 Å². The molecule has 1 atom stereocenters. The van der Waals surface area contributed by atoms with E-state index in [4.69, 9.17) is 15.6 Å². The second-order valence-electron chi connectivity index (χ2n) is 5.42. The average Bonchev–Trinajstić information content (AvgIpc) is 2.53. The second kappa shape index (κ2) is 8.12. The summed E-state index contributed by atoms with van der Waals surface area (Å²) in [7, 11) is 0. The third-order valence-corrected chi connectivity index (χ3v) is 3.81. The van der Waals surface area contributed by atoms with E-state index >= 15 is 0 Å². The lowest BCUT2D eigenvalue weighted by atomic mass is 10.0. The van der Waals surface area contributed by atoms with Crippen LogP contribution in [0.15, 0.2) is 30.3 Å². The summed E-state index contributed by atoms with van der Waals surface area (Å²) in [6.07, 6.45) is 2.33. The standard InChI is InChI=1S/C16H24N2O3/c17-15(12-13-4-2-1-3-5-13)16(20)18-8-6-14(7-9-18)21-11-10-19/h1-5,14-15,19H,6-12,17H2. The van der Waals surface area contributed by atoms with Crippen LogP contribution in [-0.4, -0.2) is 54.4 Å². The lowest BCUT2D eigenvalue weighted by Crippen LogP contribution is -2.49. The van der Waals surface area contributed by atoms with Gasteiger partial charge in [-0.25, -0.2) is 0 Å². The normalized spacial score (nSPS) is 17.7. The topological polar surface area (TPSA) is 75.8 Å². The Morgan fingerprint density at radius 2 is 2.00 bits per heavy atom. The fourth-order valence-electron chi connectivity index (χ4n) is 2.65. The number of carbonyl (C=O) groups excluding carboxylic acids is 1. The Kier molecular flexibility index (Phi) is 6.17. The van der Waals surface area contributed by atoms with E-state index in [1.807, 2.05) is 35.2 Å². The molecule has 1 aromatic rings. The van der Waals surface area contributed by atoms with Gasteiger partial charge in [0.1, 0.15) is 0 Å². The smallest absolute Gasteiger partial charge is 0.239 e. The summed E-state index contributed by atoms with van der Waals surface area (Å²) in [5.41, 5.74) is 7.12. The van der Waals surface area contributed by atoms with Gasteiger partial charge in [-0.1, -0.05) is 30.3 Å². The van der Waals surface area contributed by atoms with Crippen molar-refractivity contribution < 1.29 is 14.6 Å². The highest BCUT2D eigenvalue weighted by Crippen LogP contribution is 2.15. The van der Waals surface area contributed by atoms with E-state index in [-0.39, 0.29) is 18.6 Å². The number of nitrogens with zero attached hydrogens (tertiary/aromatic N) is 1. The van der Waals surface area contributed by atoms with E-state index in [1.54, 1.807) is 0 Å². The van der Waals surface area contributed by atoms with Crippen molar-refractivity contribution in [1.29, 1.82) is 0 Å². The molecule has 0 saturated carbocycles. The Labute approximate surface area is 125 Å². The number of rotatable bonds is 6. The molecule has 116 valence electrons. The largest absolute Gasteiger partial charge is 0.394 e. The summed E-state index contributed by atoms with van der Waals surface area (Å²) in [6, 6.07) is 9.35. The number of piperidine rings is 1. The first kappa shape index (κ1) is 15.9. The van der Waals surface area contributed by atoms with Crippen LogP contribution in [0.25, 0.3) is 0 Å². The van der Waals surface area contributed by atoms with Crippen molar-refractivity contribution in [3.63, 3.8) is 0 Å². The monoisotopic (exact) mass is 292 g/mol.